The van der Waals surface area contributed by atoms with Gasteiger partial charge in [0.2, 0.25) is 10.0 Å². The summed E-state index contributed by atoms with van der Waals surface area (Å²) in [5.74, 6) is -0.258. The Hall–Kier alpha value is -2.26. The van der Waals surface area contributed by atoms with Gasteiger partial charge >= 0.3 is 0 Å². The fourth-order valence-electron chi connectivity index (χ4n) is 4.33. The molecule has 1 N–H and O–H groups in total. The van der Waals surface area contributed by atoms with Gasteiger partial charge in [-0.2, -0.15) is 4.31 Å². The van der Waals surface area contributed by atoms with E-state index in [0.717, 1.165) is 51.1 Å². The maximum absolute atomic E-state index is 13.2. The SMILES string of the molecule is CN1CCN(CC(NC(=O)c2cccc(S(=O)(=O)N3CCCC3)c2)c2ccccc2)CC1. The Bertz CT molecular complexity index is 1010. The largest absolute Gasteiger partial charge is 0.344 e. The van der Waals surface area contributed by atoms with Gasteiger partial charge in [0.15, 0.2) is 0 Å². The fourth-order valence-corrected chi connectivity index (χ4v) is 5.89. The molecule has 0 aromatic heterocycles. The van der Waals surface area contributed by atoms with Gasteiger partial charge in [0.05, 0.1) is 10.9 Å². The normalized spacial score (nSPS) is 19.7. The lowest BCUT2D eigenvalue weighted by molar-refractivity contribution is 0.0907. The van der Waals surface area contributed by atoms with Crippen molar-refractivity contribution in [2.24, 2.45) is 0 Å². The van der Waals surface area contributed by atoms with Gasteiger partial charge in [-0.3, -0.25) is 9.69 Å². The Morgan fingerprint density at radius 1 is 0.938 bits per heavy atom. The molecule has 2 fully saturated rings. The third kappa shape index (κ3) is 5.38. The number of hydrogen-bond acceptors (Lipinski definition) is 5. The zero-order valence-corrected chi connectivity index (χ0v) is 19.4. The average molecular weight is 457 g/mol. The minimum atomic E-state index is -3.56. The van der Waals surface area contributed by atoms with Crippen molar-refractivity contribution in [2.75, 3.05) is 52.9 Å². The van der Waals surface area contributed by atoms with E-state index in [2.05, 4.69) is 22.2 Å². The molecule has 2 heterocycles. The molecule has 4 rings (SSSR count). The molecular formula is C24H32N4O3S. The molecule has 172 valence electrons. The van der Waals surface area contributed by atoms with Crippen molar-refractivity contribution >= 4 is 15.9 Å². The zero-order valence-electron chi connectivity index (χ0n) is 18.6. The summed E-state index contributed by atoms with van der Waals surface area (Å²) in [6.45, 7) is 5.73. The average Bonchev–Trinajstić information content (AvgIpc) is 3.37. The Morgan fingerprint density at radius 3 is 2.31 bits per heavy atom. The van der Waals surface area contributed by atoms with Crippen LogP contribution in [0.1, 0.15) is 34.8 Å². The van der Waals surface area contributed by atoms with Gasteiger partial charge in [-0.15, -0.1) is 0 Å². The van der Waals surface area contributed by atoms with Crippen LogP contribution in [0.3, 0.4) is 0 Å². The minimum absolute atomic E-state index is 0.175. The summed E-state index contributed by atoms with van der Waals surface area (Å²) in [5, 5.41) is 3.15. The van der Waals surface area contributed by atoms with E-state index >= 15 is 0 Å². The first-order valence-corrected chi connectivity index (χ1v) is 12.7. The van der Waals surface area contributed by atoms with Crippen LogP contribution in [-0.2, 0) is 10.0 Å². The van der Waals surface area contributed by atoms with E-state index in [1.807, 2.05) is 30.3 Å². The second-order valence-corrected chi connectivity index (χ2v) is 10.6. The van der Waals surface area contributed by atoms with Crippen molar-refractivity contribution in [3.8, 4) is 0 Å². The van der Waals surface area contributed by atoms with E-state index in [-0.39, 0.29) is 16.8 Å². The van der Waals surface area contributed by atoms with Gasteiger partial charge in [0, 0.05) is 51.4 Å². The van der Waals surface area contributed by atoms with Crippen LogP contribution in [0.5, 0.6) is 0 Å². The van der Waals surface area contributed by atoms with Crippen molar-refractivity contribution < 1.29 is 13.2 Å². The molecule has 2 aliphatic rings. The number of hydrogen-bond donors (Lipinski definition) is 1. The zero-order chi connectivity index (χ0) is 22.6. The number of piperazine rings is 1. The molecule has 1 amide bonds. The third-order valence-corrected chi connectivity index (χ3v) is 8.24. The molecule has 1 unspecified atom stereocenters. The highest BCUT2D eigenvalue weighted by Crippen LogP contribution is 2.22. The van der Waals surface area contributed by atoms with Gasteiger partial charge in [0.1, 0.15) is 0 Å². The van der Waals surface area contributed by atoms with Crippen LogP contribution in [0.4, 0.5) is 0 Å². The molecule has 2 saturated heterocycles. The van der Waals surface area contributed by atoms with Crippen LogP contribution < -0.4 is 5.32 Å². The summed E-state index contributed by atoms with van der Waals surface area (Å²) >= 11 is 0. The van der Waals surface area contributed by atoms with Crippen LogP contribution in [0.2, 0.25) is 0 Å². The molecule has 0 saturated carbocycles. The molecule has 2 aromatic rings. The number of nitrogens with one attached hydrogen (secondary N) is 1. The standard InChI is InChI=1S/C24H32N4O3S/c1-26-14-16-27(17-15-26)19-23(20-8-3-2-4-9-20)25-24(29)21-10-7-11-22(18-21)32(30,31)28-12-5-6-13-28/h2-4,7-11,18,23H,5-6,12-17,19H2,1H3,(H,25,29). The number of sulfonamides is 1. The van der Waals surface area contributed by atoms with Crippen LogP contribution in [0, 0.1) is 0 Å². The predicted molar refractivity (Wildman–Crippen MR) is 125 cm³/mol. The summed E-state index contributed by atoms with van der Waals surface area (Å²) in [6, 6.07) is 16.2. The minimum Gasteiger partial charge on any atom is -0.344 e. The molecule has 7 nitrogen and oxygen atoms in total. The van der Waals surface area contributed by atoms with Crippen LogP contribution in [0.15, 0.2) is 59.5 Å². The molecule has 0 aliphatic carbocycles. The Morgan fingerprint density at radius 2 is 1.62 bits per heavy atom. The number of benzene rings is 2. The van der Waals surface area contributed by atoms with Crippen LogP contribution in [-0.4, -0.2) is 81.3 Å². The van der Waals surface area contributed by atoms with Crippen molar-refractivity contribution in [1.82, 2.24) is 19.4 Å². The predicted octanol–water partition coefficient (Wildman–Crippen LogP) is 2.19. The second kappa shape index (κ2) is 10.1. The smallest absolute Gasteiger partial charge is 0.251 e. The maximum atomic E-state index is 13.2. The first kappa shape index (κ1) is 22.9. The Balaban J connectivity index is 1.52. The molecule has 0 radical (unpaired) electrons. The van der Waals surface area contributed by atoms with Crippen molar-refractivity contribution in [3.63, 3.8) is 0 Å². The highest BCUT2D eigenvalue weighted by molar-refractivity contribution is 7.89. The lowest BCUT2D eigenvalue weighted by atomic mass is 10.0. The molecule has 1 atom stereocenters. The quantitative estimate of drug-likeness (QED) is 0.692. The molecule has 0 spiro atoms. The van der Waals surface area contributed by atoms with Crippen molar-refractivity contribution in [1.29, 1.82) is 0 Å². The summed E-state index contributed by atoms with van der Waals surface area (Å²) in [6.07, 6.45) is 1.76. The van der Waals surface area contributed by atoms with Crippen LogP contribution >= 0.6 is 0 Å². The highest BCUT2D eigenvalue weighted by Gasteiger charge is 2.28. The Labute approximate surface area is 191 Å². The molecule has 2 aromatic carbocycles. The topological polar surface area (TPSA) is 73.0 Å². The highest BCUT2D eigenvalue weighted by atomic mass is 32.2. The van der Waals surface area contributed by atoms with Crippen molar-refractivity contribution in [2.45, 2.75) is 23.8 Å². The molecule has 32 heavy (non-hydrogen) atoms. The van der Waals surface area contributed by atoms with Gasteiger partial charge in [-0.05, 0) is 43.7 Å². The van der Waals surface area contributed by atoms with E-state index in [1.165, 1.54) is 10.4 Å². The summed E-state index contributed by atoms with van der Waals surface area (Å²) < 4.78 is 27.4. The summed E-state index contributed by atoms with van der Waals surface area (Å²) in [7, 11) is -1.44. The van der Waals surface area contributed by atoms with Crippen molar-refractivity contribution in [3.05, 3.63) is 65.7 Å². The third-order valence-electron chi connectivity index (χ3n) is 6.34. The lowest BCUT2D eigenvalue weighted by Crippen LogP contribution is -2.47. The Kier molecular flexibility index (Phi) is 7.25. The van der Waals surface area contributed by atoms with E-state index in [0.29, 0.717) is 18.7 Å². The van der Waals surface area contributed by atoms with Gasteiger partial charge in [-0.25, -0.2) is 8.42 Å². The number of likely N-dealkylation sites (N-methyl/N-ethyl adjacent to an activating group) is 1. The first-order chi connectivity index (χ1) is 15.4. The van der Waals surface area contributed by atoms with E-state index < -0.39 is 10.0 Å². The number of carbonyl (C=O) groups excluding carboxylic acids is 1. The molecular weight excluding hydrogens is 424 g/mol. The molecule has 8 heteroatoms. The van der Waals surface area contributed by atoms with Gasteiger partial charge in [-0.1, -0.05) is 36.4 Å². The molecule has 2 aliphatic heterocycles. The summed E-state index contributed by atoms with van der Waals surface area (Å²) in [5.41, 5.74) is 1.41. The fraction of sp³-hybridized carbons (Fsp3) is 0.458. The van der Waals surface area contributed by atoms with Gasteiger partial charge in [0.25, 0.3) is 5.91 Å². The number of nitrogens with zero attached hydrogens (tertiary/aromatic N) is 3. The van der Waals surface area contributed by atoms with E-state index in [1.54, 1.807) is 18.2 Å². The number of rotatable bonds is 7. The monoisotopic (exact) mass is 456 g/mol. The summed E-state index contributed by atoms with van der Waals surface area (Å²) in [4.78, 5) is 18.0. The number of amides is 1. The second-order valence-electron chi connectivity index (χ2n) is 8.68. The van der Waals surface area contributed by atoms with Crippen LogP contribution in [0.25, 0.3) is 0 Å². The lowest BCUT2D eigenvalue weighted by Gasteiger charge is -2.35. The van der Waals surface area contributed by atoms with E-state index in [4.69, 9.17) is 0 Å². The molecule has 0 bridgehead atoms. The first-order valence-electron chi connectivity index (χ1n) is 11.3. The maximum Gasteiger partial charge on any atom is 0.251 e. The van der Waals surface area contributed by atoms with E-state index in [9.17, 15) is 13.2 Å². The van der Waals surface area contributed by atoms with Gasteiger partial charge < -0.3 is 10.2 Å². The number of carbonyl (C=O) groups is 1.